The van der Waals surface area contributed by atoms with Crippen LogP contribution in [0.15, 0.2) is 67.3 Å². The van der Waals surface area contributed by atoms with Gasteiger partial charge in [0.15, 0.2) is 5.78 Å². The van der Waals surface area contributed by atoms with Crippen molar-refractivity contribution < 1.29 is 18.3 Å². The molecule has 0 aliphatic carbocycles. The van der Waals surface area contributed by atoms with E-state index >= 15 is 0 Å². The molecule has 30 heavy (non-hydrogen) atoms. The molecular weight excluding hydrogens is 388 g/mol. The summed E-state index contributed by atoms with van der Waals surface area (Å²) in [5.41, 5.74) is 4.43. The minimum atomic E-state index is -2.87. The highest BCUT2D eigenvalue weighted by Crippen LogP contribution is 2.26. The van der Waals surface area contributed by atoms with E-state index in [4.69, 9.17) is 0 Å². The summed E-state index contributed by atoms with van der Waals surface area (Å²) in [6.07, 6.45) is 4.88. The van der Waals surface area contributed by atoms with E-state index in [0.717, 1.165) is 11.0 Å². The molecule has 5 nitrogen and oxygen atoms in total. The first-order valence-corrected chi connectivity index (χ1v) is 9.34. The Bertz CT molecular complexity index is 1270. The Morgan fingerprint density at radius 1 is 1.17 bits per heavy atom. The number of carbonyl (C=O) groups excluding carboxylic acids is 1. The number of allylic oxidation sites excluding steroid dienone is 2. The van der Waals surface area contributed by atoms with E-state index in [1.54, 1.807) is 35.7 Å². The lowest BCUT2D eigenvalue weighted by molar-refractivity contribution is -0.0498. The molecule has 0 aliphatic rings. The van der Waals surface area contributed by atoms with Gasteiger partial charge in [0, 0.05) is 6.54 Å². The van der Waals surface area contributed by atoms with Gasteiger partial charge in [-0.25, -0.2) is 4.52 Å². The van der Waals surface area contributed by atoms with Gasteiger partial charge >= 0.3 is 6.61 Å². The summed E-state index contributed by atoms with van der Waals surface area (Å²) >= 11 is 0. The van der Waals surface area contributed by atoms with E-state index in [0.29, 0.717) is 29.0 Å². The fourth-order valence-electron chi connectivity index (χ4n) is 3.54. The average molecular weight is 407 g/mol. The first-order chi connectivity index (χ1) is 14.5. The second kappa shape index (κ2) is 7.94. The number of imidazole rings is 1. The van der Waals surface area contributed by atoms with Gasteiger partial charge < -0.3 is 9.30 Å². The third-order valence-electron chi connectivity index (χ3n) is 4.78. The molecule has 0 saturated heterocycles. The Kier molecular flexibility index (Phi) is 5.18. The van der Waals surface area contributed by atoms with E-state index in [1.807, 2.05) is 28.8 Å². The maximum absolute atomic E-state index is 13.1. The number of aromatic nitrogens is 3. The van der Waals surface area contributed by atoms with Crippen LogP contribution < -0.4 is 4.74 Å². The van der Waals surface area contributed by atoms with Crippen LogP contribution in [-0.4, -0.2) is 26.6 Å². The maximum atomic E-state index is 13.1. The number of fused-ring (bicyclic) bond motifs is 3. The Morgan fingerprint density at radius 3 is 2.53 bits per heavy atom. The zero-order chi connectivity index (χ0) is 21.3. The van der Waals surface area contributed by atoms with Crippen LogP contribution in [0.2, 0.25) is 0 Å². The zero-order valence-corrected chi connectivity index (χ0v) is 16.3. The van der Waals surface area contributed by atoms with Crippen LogP contribution in [-0.2, 0) is 6.54 Å². The van der Waals surface area contributed by atoms with Crippen LogP contribution in [0.3, 0.4) is 0 Å². The number of ether oxygens (including phenoxy) is 1. The van der Waals surface area contributed by atoms with Crippen molar-refractivity contribution in [1.29, 1.82) is 0 Å². The van der Waals surface area contributed by atoms with Crippen LogP contribution in [0.1, 0.15) is 21.6 Å². The van der Waals surface area contributed by atoms with E-state index in [2.05, 4.69) is 16.4 Å². The van der Waals surface area contributed by atoms with Crippen LogP contribution in [0, 0.1) is 6.92 Å². The van der Waals surface area contributed by atoms with Crippen molar-refractivity contribution in [2.75, 3.05) is 0 Å². The van der Waals surface area contributed by atoms with Crippen LogP contribution in [0.5, 0.6) is 5.75 Å². The monoisotopic (exact) mass is 407 g/mol. The molecule has 0 unspecified atom stereocenters. The van der Waals surface area contributed by atoms with Crippen molar-refractivity contribution in [3.8, 4) is 5.75 Å². The highest BCUT2D eigenvalue weighted by atomic mass is 19.3. The van der Waals surface area contributed by atoms with Gasteiger partial charge in [0.05, 0.1) is 22.3 Å². The number of alkyl halides is 2. The first kappa shape index (κ1) is 19.6. The average Bonchev–Trinajstić information content (AvgIpc) is 3.21. The van der Waals surface area contributed by atoms with Gasteiger partial charge in [0.1, 0.15) is 11.4 Å². The molecule has 2 aromatic heterocycles. The number of hydrogen-bond acceptors (Lipinski definition) is 3. The minimum Gasteiger partial charge on any atom is -0.435 e. The molecule has 2 aromatic carbocycles. The standard InChI is InChI=1S/C23H19F2N3O2/c1-3-14-27-18-6-4-5-7-19(18)28-22(27)21(15(2)26-28)20(29)13-10-16-8-11-17(12-9-16)30-23(24)25/h3-13,23H,1,14H2,2H3/b13-10+. The summed E-state index contributed by atoms with van der Waals surface area (Å²) in [7, 11) is 0. The highest BCUT2D eigenvalue weighted by molar-refractivity contribution is 6.12. The highest BCUT2D eigenvalue weighted by Gasteiger charge is 2.21. The topological polar surface area (TPSA) is 48.5 Å². The van der Waals surface area contributed by atoms with Gasteiger partial charge in [0.2, 0.25) is 0 Å². The molecule has 0 bridgehead atoms. The van der Waals surface area contributed by atoms with Crippen molar-refractivity contribution in [1.82, 2.24) is 14.2 Å². The quantitative estimate of drug-likeness (QED) is 0.238. The molecule has 4 aromatic rings. The van der Waals surface area contributed by atoms with Gasteiger partial charge in [-0.15, -0.1) is 6.58 Å². The molecular formula is C23H19F2N3O2. The lowest BCUT2D eigenvalue weighted by Gasteiger charge is -2.04. The van der Waals surface area contributed by atoms with E-state index in [9.17, 15) is 13.6 Å². The fourth-order valence-corrected chi connectivity index (χ4v) is 3.54. The predicted molar refractivity (Wildman–Crippen MR) is 112 cm³/mol. The number of rotatable bonds is 7. The summed E-state index contributed by atoms with van der Waals surface area (Å²) in [5, 5.41) is 4.58. The smallest absolute Gasteiger partial charge is 0.387 e. The van der Waals surface area contributed by atoms with Crippen molar-refractivity contribution in [2.45, 2.75) is 20.1 Å². The number of halogens is 2. The second-order valence-electron chi connectivity index (χ2n) is 6.73. The van der Waals surface area contributed by atoms with Crippen molar-refractivity contribution in [2.24, 2.45) is 0 Å². The second-order valence-corrected chi connectivity index (χ2v) is 6.73. The summed E-state index contributed by atoms with van der Waals surface area (Å²) in [6.45, 7) is 3.30. The van der Waals surface area contributed by atoms with Gasteiger partial charge in [-0.2, -0.15) is 13.9 Å². The Hall–Kier alpha value is -3.74. The first-order valence-electron chi connectivity index (χ1n) is 9.34. The molecule has 0 aliphatic heterocycles. The van der Waals surface area contributed by atoms with Gasteiger partial charge in [-0.05, 0) is 42.8 Å². The molecule has 0 atom stereocenters. The van der Waals surface area contributed by atoms with E-state index < -0.39 is 6.61 Å². The normalized spacial score (nSPS) is 11.7. The summed E-state index contributed by atoms with van der Waals surface area (Å²) in [5.74, 6) is -0.125. The Labute approximate surface area is 171 Å². The van der Waals surface area contributed by atoms with Gasteiger partial charge in [0.25, 0.3) is 0 Å². The molecule has 152 valence electrons. The van der Waals surface area contributed by atoms with Crippen LogP contribution >= 0.6 is 0 Å². The lowest BCUT2D eigenvalue weighted by atomic mass is 10.1. The molecule has 0 spiro atoms. The summed E-state index contributed by atoms with van der Waals surface area (Å²) in [4.78, 5) is 13.1. The van der Waals surface area contributed by atoms with E-state index in [1.165, 1.54) is 18.2 Å². The molecule has 0 N–H and O–H groups in total. The molecule has 7 heteroatoms. The fraction of sp³-hybridized carbons (Fsp3) is 0.130. The number of benzene rings is 2. The third-order valence-corrected chi connectivity index (χ3v) is 4.78. The van der Waals surface area contributed by atoms with Gasteiger partial charge in [-0.3, -0.25) is 4.79 Å². The van der Waals surface area contributed by atoms with Crippen LogP contribution in [0.25, 0.3) is 22.8 Å². The predicted octanol–water partition coefficient (Wildman–Crippen LogP) is 5.28. The zero-order valence-electron chi connectivity index (χ0n) is 16.3. The van der Waals surface area contributed by atoms with Gasteiger partial charge in [-0.1, -0.05) is 36.4 Å². The summed E-state index contributed by atoms with van der Waals surface area (Å²) in [6, 6.07) is 13.9. The number of aryl methyl sites for hydroxylation is 1. The number of para-hydroxylation sites is 2. The number of hydrogen-bond donors (Lipinski definition) is 0. The van der Waals surface area contributed by atoms with Crippen molar-refractivity contribution >= 4 is 28.5 Å². The molecule has 0 amide bonds. The minimum absolute atomic E-state index is 0.0663. The van der Waals surface area contributed by atoms with E-state index in [-0.39, 0.29) is 11.5 Å². The molecule has 2 heterocycles. The molecule has 0 radical (unpaired) electrons. The lowest BCUT2D eigenvalue weighted by Crippen LogP contribution is -2.02. The van der Waals surface area contributed by atoms with Crippen molar-refractivity contribution in [3.63, 3.8) is 0 Å². The Balaban J connectivity index is 1.72. The number of ketones is 1. The van der Waals surface area contributed by atoms with Crippen LogP contribution in [0.4, 0.5) is 8.78 Å². The maximum Gasteiger partial charge on any atom is 0.387 e. The molecule has 0 saturated carbocycles. The number of carbonyl (C=O) groups is 1. The third kappa shape index (κ3) is 3.50. The summed E-state index contributed by atoms with van der Waals surface area (Å²) < 4.78 is 32.7. The van der Waals surface area contributed by atoms with Crippen molar-refractivity contribution in [3.05, 3.63) is 84.1 Å². The Morgan fingerprint density at radius 2 is 1.87 bits per heavy atom. The molecule has 0 fully saturated rings. The molecule has 4 rings (SSSR count). The SMILES string of the molecule is C=CCn1c2ccccc2n2nc(C)c(C(=O)/C=C/c3ccc(OC(F)F)cc3)c12. The largest absolute Gasteiger partial charge is 0.435 e. The number of nitrogens with zero attached hydrogens (tertiary/aromatic N) is 3.